The van der Waals surface area contributed by atoms with Gasteiger partial charge in [-0.1, -0.05) is 29.5 Å². The summed E-state index contributed by atoms with van der Waals surface area (Å²) < 4.78 is 18.4. The number of para-hydroxylation sites is 1. The van der Waals surface area contributed by atoms with E-state index in [1.807, 2.05) is 44.2 Å². The number of nitrogens with one attached hydrogen (secondary N) is 2. The summed E-state index contributed by atoms with van der Waals surface area (Å²) in [5.74, 6) is -0.0237. The van der Waals surface area contributed by atoms with Gasteiger partial charge in [-0.2, -0.15) is 5.10 Å². The van der Waals surface area contributed by atoms with Crippen LogP contribution in [0, 0.1) is 6.92 Å². The second kappa shape index (κ2) is 11.3. The number of fused-ring (bicyclic) bond motifs is 1. The van der Waals surface area contributed by atoms with E-state index in [1.165, 1.54) is 4.90 Å². The quantitative estimate of drug-likeness (QED) is 0.342. The Morgan fingerprint density at radius 3 is 2.67 bits per heavy atom. The lowest BCUT2D eigenvalue weighted by Gasteiger charge is -2.28. The maximum atomic E-state index is 13.3. The van der Waals surface area contributed by atoms with Gasteiger partial charge in [0.05, 0.1) is 40.1 Å². The molecule has 2 amide bonds. The van der Waals surface area contributed by atoms with Crippen molar-refractivity contribution in [2.75, 3.05) is 19.7 Å². The van der Waals surface area contributed by atoms with Crippen molar-refractivity contribution < 1.29 is 18.5 Å². The lowest BCUT2D eigenvalue weighted by atomic mass is 9.85. The van der Waals surface area contributed by atoms with Crippen molar-refractivity contribution in [2.24, 2.45) is 0 Å². The topological polar surface area (TPSA) is 134 Å². The monoisotopic (exact) mass is 579 g/mol. The molecule has 12 heteroatoms. The molecule has 2 N–H and O–H groups in total. The summed E-state index contributed by atoms with van der Waals surface area (Å²) in [7, 11) is -1.33. The molecule has 3 heterocycles. The first kappa shape index (κ1) is 27.7. The highest BCUT2D eigenvalue weighted by Crippen LogP contribution is 2.35. The number of likely N-dealkylation sites (tertiary alicyclic amines) is 1. The van der Waals surface area contributed by atoms with Gasteiger partial charge in [0, 0.05) is 34.6 Å². The van der Waals surface area contributed by atoms with Gasteiger partial charge in [-0.05, 0) is 62.7 Å². The van der Waals surface area contributed by atoms with Gasteiger partial charge >= 0.3 is 11.0 Å². The summed E-state index contributed by atoms with van der Waals surface area (Å²) in [5, 5.41) is 11.1. The SMILES string of the molecule is CCOC(=O)N1C[C@@H](NC(=O)c2ccc(S(=O)Cc3cc(C)nc4ccccc34)cc2)[C@](C)(c2n[nH]c(=O)s2)C1. The Morgan fingerprint density at radius 2 is 1.98 bits per heavy atom. The van der Waals surface area contributed by atoms with E-state index < -0.39 is 28.3 Å². The average molecular weight is 580 g/mol. The summed E-state index contributed by atoms with van der Waals surface area (Å²) >= 11 is 0.955. The molecule has 4 aromatic rings. The lowest BCUT2D eigenvalue weighted by molar-refractivity contribution is 0.0922. The van der Waals surface area contributed by atoms with Gasteiger partial charge in [-0.15, -0.1) is 0 Å². The van der Waals surface area contributed by atoms with Crippen LogP contribution in [0.25, 0.3) is 10.9 Å². The molecule has 0 spiro atoms. The van der Waals surface area contributed by atoms with E-state index in [0.29, 0.717) is 21.2 Å². The number of carbonyl (C=O) groups is 2. The first-order chi connectivity index (χ1) is 19.2. The molecule has 2 aromatic heterocycles. The number of hydrogen-bond donors (Lipinski definition) is 2. The Morgan fingerprint density at radius 1 is 1.23 bits per heavy atom. The van der Waals surface area contributed by atoms with Crippen LogP contribution in [0.5, 0.6) is 0 Å². The second-order valence-corrected chi connectivity index (χ2v) is 12.3. The third kappa shape index (κ3) is 5.54. The van der Waals surface area contributed by atoms with Crippen molar-refractivity contribution in [3.05, 3.63) is 86.1 Å². The van der Waals surface area contributed by atoms with Crippen LogP contribution in [-0.2, 0) is 26.7 Å². The van der Waals surface area contributed by atoms with Crippen molar-refractivity contribution in [1.82, 2.24) is 25.4 Å². The van der Waals surface area contributed by atoms with Crippen LogP contribution in [0.1, 0.15) is 40.5 Å². The Kier molecular flexibility index (Phi) is 7.81. The summed E-state index contributed by atoms with van der Waals surface area (Å²) in [4.78, 5) is 43.9. The molecule has 1 unspecified atom stereocenters. The minimum Gasteiger partial charge on any atom is -0.450 e. The highest BCUT2D eigenvalue weighted by Gasteiger charge is 2.49. The van der Waals surface area contributed by atoms with Crippen LogP contribution in [0.2, 0.25) is 0 Å². The highest BCUT2D eigenvalue weighted by molar-refractivity contribution is 7.84. The Balaban J connectivity index is 1.32. The predicted molar refractivity (Wildman–Crippen MR) is 153 cm³/mol. The van der Waals surface area contributed by atoms with Gasteiger partial charge in [0.2, 0.25) is 0 Å². The van der Waals surface area contributed by atoms with Crippen molar-refractivity contribution in [1.29, 1.82) is 0 Å². The molecule has 2 aromatic carbocycles. The molecule has 1 aliphatic heterocycles. The number of ether oxygens (including phenoxy) is 1. The van der Waals surface area contributed by atoms with Crippen LogP contribution in [0.15, 0.2) is 64.3 Å². The fourth-order valence-electron chi connectivity index (χ4n) is 4.98. The van der Waals surface area contributed by atoms with Crippen molar-refractivity contribution >= 4 is 45.0 Å². The standard InChI is InChI=1S/C28H29N5O5S2/c1-4-38-27(36)33-14-23(28(3,16-33)25-31-32-26(35)39-25)30-24(34)18-9-11-20(12-10-18)40(37)15-19-13-17(2)29-22-8-6-5-7-21(19)22/h5-13,23H,4,14-16H2,1-3H3,(H,30,34)(H,32,35)/t23-,28-,40?/m1/s1. The van der Waals surface area contributed by atoms with E-state index in [0.717, 1.165) is 33.5 Å². The molecule has 40 heavy (non-hydrogen) atoms. The minimum absolute atomic E-state index is 0.205. The van der Waals surface area contributed by atoms with E-state index in [4.69, 9.17) is 4.74 Å². The number of aryl methyl sites for hydroxylation is 1. The molecule has 1 fully saturated rings. The van der Waals surface area contributed by atoms with Gasteiger partial charge in [-0.25, -0.2) is 9.89 Å². The van der Waals surface area contributed by atoms with Crippen molar-refractivity contribution in [2.45, 2.75) is 42.9 Å². The molecular weight excluding hydrogens is 550 g/mol. The number of aromatic amines is 1. The van der Waals surface area contributed by atoms with E-state index in [1.54, 1.807) is 31.2 Å². The van der Waals surface area contributed by atoms with Gasteiger partial charge in [0.25, 0.3) is 5.91 Å². The van der Waals surface area contributed by atoms with E-state index in [-0.39, 0.29) is 30.5 Å². The second-order valence-electron chi connectivity index (χ2n) is 9.90. The maximum absolute atomic E-state index is 13.3. The Labute approximate surface area is 237 Å². The molecule has 0 aliphatic carbocycles. The van der Waals surface area contributed by atoms with Crippen molar-refractivity contribution in [3.63, 3.8) is 0 Å². The largest absolute Gasteiger partial charge is 0.450 e. The average Bonchev–Trinajstić information content (AvgIpc) is 3.53. The molecule has 0 bridgehead atoms. The third-order valence-electron chi connectivity index (χ3n) is 7.05. The predicted octanol–water partition coefficient (Wildman–Crippen LogP) is 3.52. The zero-order valence-corrected chi connectivity index (χ0v) is 23.9. The lowest BCUT2D eigenvalue weighted by Crippen LogP contribution is -2.48. The molecule has 0 saturated carbocycles. The molecule has 3 atom stereocenters. The summed E-state index contributed by atoms with van der Waals surface area (Å²) in [6, 6.07) is 15.9. The number of amides is 2. The Bertz CT molecular complexity index is 1650. The number of carbonyl (C=O) groups excluding carboxylic acids is 2. The fourth-order valence-corrected chi connectivity index (χ4v) is 6.91. The molecule has 208 valence electrons. The molecule has 10 nitrogen and oxygen atoms in total. The molecule has 1 saturated heterocycles. The molecule has 0 radical (unpaired) electrons. The number of nitrogens with zero attached hydrogens (tertiary/aromatic N) is 3. The molecule has 5 rings (SSSR count). The van der Waals surface area contributed by atoms with Crippen LogP contribution in [0.4, 0.5) is 4.79 Å². The summed E-state index contributed by atoms with van der Waals surface area (Å²) in [6.07, 6.45) is -0.489. The van der Waals surface area contributed by atoms with Crippen LogP contribution in [-0.4, -0.2) is 62.0 Å². The molecular formula is C28H29N5O5S2. The number of hydrogen-bond acceptors (Lipinski definition) is 8. The van der Waals surface area contributed by atoms with Gasteiger partial charge in [-0.3, -0.25) is 18.8 Å². The van der Waals surface area contributed by atoms with Gasteiger partial charge < -0.3 is 15.0 Å². The summed E-state index contributed by atoms with van der Waals surface area (Å²) in [5.41, 5.74) is 2.28. The zero-order chi connectivity index (χ0) is 28.4. The van der Waals surface area contributed by atoms with E-state index in [9.17, 15) is 18.6 Å². The van der Waals surface area contributed by atoms with E-state index in [2.05, 4.69) is 20.5 Å². The van der Waals surface area contributed by atoms with Crippen LogP contribution >= 0.6 is 11.3 Å². The molecule has 1 aliphatic rings. The number of H-pyrrole nitrogens is 1. The van der Waals surface area contributed by atoms with Crippen molar-refractivity contribution in [3.8, 4) is 0 Å². The van der Waals surface area contributed by atoms with Gasteiger partial charge in [0.1, 0.15) is 5.01 Å². The first-order valence-corrected chi connectivity index (χ1v) is 14.9. The number of rotatable bonds is 7. The number of benzene rings is 2. The third-order valence-corrected chi connectivity index (χ3v) is 9.44. The first-order valence-electron chi connectivity index (χ1n) is 12.8. The van der Waals surface area contributed by atoms with Crippen LogP contribution < -0.4 is 10.2 Å². The summed E-state index contributed by atoms with van der Waals surface area (Å²) in [6.45, 7) is 6.17. The number of pyridine rings is 1. The normalized spacial score (nSPS) is 19.5. The smallest absolute Gasteiger partial charge is 0.409 e. The minimum atomic E-state index is -1.33. The number of aromatic nitrogens is 3. The Hall–Kier alpha value is -3.90. The maximum Gasteiger partial charge on any atom is 0.409 e. The zero-order valence-electron chi connectivity index (χ0n) is 22.3. The van der Waals surface area contributed by atoms with E-state index >= 15 is 0 Å². The van der Waals surface area contributed by atoms with Crippen LogP contribution in [0.3, 0.4) is 0 Å². The fraction of sp³-hybridized carbons (Fsp3) is 0.321. The van der Waals surface area contributed by atoms with Gasteiger partial charge in [0.15, 0.2) is 0 Å². The highest BCUT2D eigenvalue weighted by atomic mass is 32.2.